The summed E-state index contributed by atoms with van der Waals surface area (Å²) in [6, 6.07) is 0. The van der Waals surface area contributed by atoms with E-state index in [9.17, 15) is 9.50 Å². The molecule has 0 heterocycles. The van der Waals surface area contributed by atoms with Gasteiger partial charge in [0.15, 0.2) is 0 Å². The van der Waals surface area contributed by atoms with Crippen LogP contribution in [-0.4, -0.2) is 17.4 Å². The highest BCUT2D eigenvalue weighted by molar-refractivity contribution is 5.37. The van der Waals surface area contributed by atoms with Crippen LogP contribution in [-0.2, 0) is 0 Å². The molecule has 3 aliphatic rings. The molecule has 0 saturated heterocycles. The molecule has 140 valence electrons. The molecule has 2 heteroatoms. The lowest BCUT2D eigenvalue weighted by Gasteiger charge is -2.43. The van der Waals surface area contributed by atoms with E-state index in [0.717, 1.165) is 50.5 Å². The smallest absolute Gasteiger partial charge is 0.103 e. The van der Waals surface area contributed by atoms with Crippen molar-refractivity contribution in [3.63, 3.8) is 0 Å². The number of aliphatic hydroxyl groups excluding tert-OH is 1. The lowest BCUT2D eigenvalue weighted by Crippen LogP contribution is -2.37. The van der Waals surface area contributed by atoms with E-state index < -0.39 is 6.17 Å². The molecule has 5 atom stereocenters. The van der Waals surface area contributed by atoms with Crippen LogP contribution < -0.4 is 0 Å². The van der Waals surface area contributed by atoms with Crippen LogP contribution in [0.25, 0.3) is 0 Å². The average Bonchev–Trinajstić information content (AvgIpc) is 2.94. The van der Waals surface area contributed by atoms with Gasteiger partial charge >= 0.3 is 0 Å². The van der Waals surface area contributed by atoms with Crippen molar-refractivity contribution >= 4 is 0 Å². The molecule has 0 radical (unpaired) electrons. The first-order chi connectivity index (χ1) is 12.0. The Hall–Kier alpha value is -0.890. The molecule has 3 fully saturated rings. The number of aliphatic hydroxyl groups is 1. The summed E-state index contributed by atoms with van der Waals surface area (Å²) in [7, 11) is 0. The fourth-order valence-corrected chi connectivity index (χ4v) is 5.78. The van der Waals surface area contributed by atoms with E-state index in [1.165, 1.54) is 24.0 Å². The Balaban J connectivity index is 1.79. The summed E-state index contributed by atoms with van der Waals surface area (Å²) in [5.41, 5.74) is 3.76. The van der Waals surface area contributed by atoms with Crippen LogP contribution in [0.2, 0.25) is 0 Å². The Morgan fingerprint density at radius 1 is 1.24 bits per heavy atom. The zero-order chi connectivity index (χ0) is 18.0. The molecule has 0 spiro atoms. The highest BCUT2D eigenvalue weighted by Gasteiger charge is 2.51. The van der Waals surface area contributed by atoms with E-state index in [-0.39, 0.29) is 17.4 Å². The van der Waals surface area contributed by atoms with Crippen molar-refractivity contribution < 1.29 is 9.50 Å². The van der Waals surface area contributed by atoms with E-state index in [0.29, 0.717) is 12.3 Å². The van der Waals surface area contributed by atoms with E-state index >= 15 is 0 Å². The lowest BCUT2D eigenvalue weighted by atomic mass is 9.62. The van der Waals surface area contributed by atoms with Gasteiger partial charge in [0.2, 0.25) is 0 Å². The first kappa shape index (κ1) is 18.9. The number of rotatable bonds is 4. The van der Waals surface area contributed by atoms with Gasteiger partial charge in [0.25, 0.3) is 0 Å². The summed E-state index contributed by atoms with van der Waals surface area (Å²) in [6.07, 6.45) is 13.8. The van der Waals surface area contributed by atoms with Crippen molar-refractivity contribution in [1.29, 1.82) is 0 Å². The Labute approximate surface area is 153 Å². The van der Waals surface area contributed by atoms with Gasteiger partial charge in [-0.3, -0.25) is 0 Å². The molecule has 1 N–H and O–H groups in total. The Bertz CT molecular complexity index is 560. The van der Waals surface area contributed by atoms with E-state index in [4.69, 9.17) is 0 Å². The van der Waals surface area contributed by atoms with Gasteiger partial charge < -0.3 is 5.11 Å². The van der Waals surface area contributed by atoms with E-state index in [1.54, 1.807) is 0 Å². The largest absolute Gasteiger partial charge is 0.388 e. The topological polar surface area (TPSA) is 20.2 Å². The number of allylic oxidation sites excluding steroid dienone is 3. The number of fused-ring (bicyclic) bond motifs is 1. The van der Waals surface area contributed by atoms with Crippen LogP contribution in [0.4, 0.5) is 4.39 Å². The molecule has 1 nitrogen and oxygen atoms in total. The second kappa shape index (κ2) is 7.78. The second-order valence-electron chi connectivity index (χ2n) is 8.77. The molecular weight excluding hydrogens is 311 g/mol. The Kier molecular flexibility index (Phi) is 5.88. The van der Waals surface area contributed by atoms with Crippen molar-refractivity contribution in [3.8, 4) is 0 Å². The Morgan fingerprint density at radius 3 is 2.80 bits per heavy atom. The summed E-state index contributed by atoms with van der Waals surface area (Å²) in [6.45, 7) is 8.52. The minimum Gasteiger partial charge on any atom is -0.388 e. The molecule has 2 unspecified atom stereocenters. The van der Waals surface area contributed by atoms with Crippen LogP contribution in [0.1, 0.15) is 78.1 Å². The maximum atomic E-state index is 14.8. The number of alkyl halides is 1. The average molecular weight is 347 g/mol. The van der Waals surface area contributed by atoms with Crippen LogP contribution in [0.15, 0.2) is 35.5 Å². The van der Waals surface area contributed by atoms with Crippen molar-refractivity contribution in [1.82, 2.24) is 0 Å². The summed E-state index contributed by atoms with van der Waals surface area (Å²) in [5, 5.41) is 10.0. The van der Waals surface area contributed by atoms with Gasteiger partial charge in [-0.25, -0.2) is 4.39 Å². The predicted molar refractivity (Wildman–Crippen MR) is 103 cm³/mol. The van der Waals surface area contributed by atoms with Crippen LogP contribution in [0.3, 0.4) is 0 Å². The van der Waals surface area contributed by atoms with Gasteiger partial charge in [-0.1, -0.05) is 44.6 Å². The minimum absolute atomic E-state index is 0.139. The number of hydrogen-bond acceptors (Lipinski definition) is 1. The highest BCUT2D eigenvalue weighted by Crippen LogP contribution is 2.59. The van der Waals surface area contributed by atoms with Crippen molar-refractivity contribution in [2.75, 3.05) is 0 Å². The Morgan fingerprint density at radius 2 is 2.04 bits per heavy atom. The fourth-order valence-electron chi connectivity index (χ4n) is 5.78. The number of halogens is 1. The molecule has 3 aliphatic carbocycles. The fraction of sp³-hybridized carbons (Fsp3) is 0.739. The maximum absolute atomic E-state index is 14.8. The minimum atomic E-state index is -0.633. The quantitative estimate of drug-likeness (QED) is 0.634. The summed E-state index contributed by atoms with van der Waals surface area (Å²) in [5.74, 6) is 0.778. The highest BCUT2D eigenvalue weighted by atomic mass is 19.1. The van der Waals surface area contributed by atoms with Gasteiger partial charge in [0.1, 0.15) is 6.17 Å². The molecule has 0 aromatic rings. The van der Waals surface area contributed by atoms with E-state index in [1.807, 2.05) is 0 Å². The maximum Gasteiger partial charge on any atom is 0.103 e. The number of hydrogen-bond donors (Lipinski definition) is 1. The summed E-state index contributed by atoms with van der Waals surface area (Å²) < 4.78 is 14.8. The van der Waals surface area contributed by atoms with Gasteiger partial charge in [-0.2, -0.15) is 0 Å². The first-order valence-corrected chi connectivity index (χ1v) is 10.4. The summed E-state index contributed by atoms with van der Waals surface area (Å²) >= 11 is 0. The standard InChI is InChI=1S/C23H35FO/c1-4-7-21(24)20-14-13-19-18(9-6-15-23(19,20)3)12-11-17-8-5-10-22(25)16(17)2/h11-12,19-22,25H,2,4-10,13-15H2,1,3H3/b17-11-,18-12+/t19?,20?,21-,22-,23-/m0/s1. The van der Waals surface area contributed by atoms with Crippen molar-refractivity contribution in [2.45, 2.75) is 90.3 Å². The third kappa shape index (κ3) is 3.65. The van der Waals surface area contributed by atoms with E-state index in [2.05, 4.69) is 32.6 Å². The lowest BCUT2D eigenvalue weighted by molar-refractivity contribution is 0.0650. The van der Waals surface area contributed by atoms with Gasteiger partial charge in [-0.15, -0.1) is 0 Å². The zero-order valence-electron chi connectivity index (χ0n) is 16.1. The first-order valence-electron chi connectivity index (χ1n) is 10.4. The molecule has 0 aromatic carbocycles. The van der Waals surface area contributed by atoms with Crippen LogP contribution in [0.5, 0.6) is 0 Å². The molecule has 0 aromatic heterocycles. The van der Waals surface area contributed by atoms with Crippen LogP contribution >= 0.6 is 0 Å². The molecule has 0 bridgehead atoms. The molecular formula is C23H35FO. The molecule has 25 heavy (non-hydrogen) atoms. The normalized spacial score (nSPS) is 40.5. The predicted octanol–water partition coefficient (Wildman–Crippen LogP) is 6.29. The molecule has 0 aliphatic heterocycles. The summed E-state index contributed by atoms with van der Waals surface area (Å²) in [4.78, 5) is 0. The van der Waals surface area contributed by atoms with Crippen molar-refractivity contribution in [2.24, 2.45) is 17.3 Å². The SMILES string of the molecule is C=C1/C(=C\C=C2/CCC[C@@]3(C)C2CCC3[C@@H](F)CCC)CCC[C@@H]1O. The zero-order valence-corrected chi connectivity index (χ0v) is 16.1. The monoisotopic (exact) mass is 346 g/mol. The third-order valence-electron chi connectivity index (χ3n) is 7.28. The van der Waals surface area contributed by atoms with Gasteiger partial charge in [0, 0.05) is 0 Å². The molecule has 0 amide bonds. The molecule has 3 rings (SSSR count). The third-order valence-corrected chi connectivity index (χ3v) is 7.28. The van der Waals surface area contributed by atoms with Crippen LogP contribution in [0, 0.1) is 17.3 Å². The van der Waals surface area contributed by atoms with Crippen molar-refractivity contribution in [3.05, 3.63) is 35.5 Å². The second-order valence-corrected chi connectivity index (χ2v) is 8.77. The van der Waals surface area contributed by atoms with Gasteiger partial charge in [0.05, 0.1) is 6.10 Å². The van der Waals surface area contributed by atoms with Gasteiger partial charge in [-0.05, 0) is 86.2 Å². The molecule has 3 saturated carbocycles.